The van der Waals surface area contributed by atoms with E-state index in [1.807, 2.05) is 11.8 Å². The van der Waals surface area contributed by atoms with Gasteiger partial charge in [-0.1, -0.05) is 20.3 Å². The van der Waals surface area contributed by atoms with Crippen LogP contribution in [-0.4, -0.2) is 35.3 Å². The third-order valence-electron chi connectivity index (χ3n) is 3.17. The van der Waals surface area contributed by atoms with E-state index in [0.717, 1.165) is 18.9 Å². The van der Waals surface area contributed by atoms with Crippen LogP contribution in [0.2, 0.25) is 0 Å². The van der Waals surface area contributed by atoms with E-state index in [1.165, 1.54) is 24.3 Å². The molecule has 0 bridgehead atoms. The van der Waals surface area contributed by atoms with Crippen molar-refractivity contribution in [1.82, 2.24) is 5.32 Å². The van der Waals surface area contributed by atoms with Crippen LogP contribution in [-0.2, 0) is 0 Å². The number of aliphatic hydroxyl groups is 1. The third kappa shape index (κ3) is 5.55. The van der Waals surface area contributed by atoms with E-state index in [1.54, 1.807) is 0 Å². The molecule has 3 atom stereocenters. The van der Waals surface area contributed by atoms with Crippen LogP contribution in [0.15, 0.2) is 0 Å². The van der Waals surface area contributed by atoms with Crippen molar-refractivity contribution >= 4 is 11.8 Å². The van der Waals surface area contributed by atoms with Crippen LogP contribution in [0, 0.1) is 11.8 Å². The van der Waals surface area contributed by atoms with Gasteiger partial charge in [-0.15, -0.1) is 0 Å². The van der Waals surface area contributed by atoms with E-state index in [0.29, 0.717) is 12.0 Å². The van der Waals surface area contributed by atoms with Gasteiger partial charge in [-0.3, -0.25) is 0 Å². The molecular weight excluding hydrogens is 218 g/mol. The van der Waals surface area contributed by atoms with Crippen molar-refractivity contribution in [2.75, 3.05) is 18.1 Å². The van der Waals surface area contributed by atoms with Gasteiger partial charge in [0.1, 0.15) is 0 Å². The van der Waals surface area contributed by atoms with Crippen LogP contribution in [0.4, 0.5) is 0 Å². The molecule has 3 heteroatoms. The molecule has 0 heterocycles. The van der Waals surface area contributed by atoms with E-state index >= 15 is 0 Å². The molecule has 96 valence electrons. The second-order valence-electron chi connectivity index (χ2n) is 5.50. The summed E-state index contributed by atoms with van der Waals surface area (Å²) in [6.45, 7) is 7.76. The Morgan fingerprint density at radius 2 is 2.00 bits per heavy atom. The first-order chi connectivity index (χ1) is 7.59. The van der Waals surface area contributed by atoms with Crippen LogP contribution in [0.5, 0.6) is 0 Å². The summed E-state index contributed by atoms with van der Waals surface area (Å²) in [6, 6.07) is 0.566. The number of nitrogens with one attached hydrogen (secondary N) is 1. The van der Waals surface area contributed by atoms with Gasteiger partial charge < -0.3 is 10.4 Å². The van der Waals surface area contributed by atoms with Gasteiger partial charge in [-0.25, -0.2) is 0 Å². The summed E-state index contributed by atoms with van der Waals surface area (Å²) in [7, 11) is 0. The molecule has 0 aliphatic heterocycles. The van der Waals surface area contributed by atoms with Crippen molar-refractivity contribution in [3.05, 3.63) is 0 Å². The predicted molar refractivity (Wildman–Crippen MR) is 73.0 cm³/mol. The monoisotopic (exact) mass is 245 g/mol. The minimum absolute atomic E-state index is 0.0528. The maximum absolute atomic E-state index is 9.71. The van der Waals surface area contributed by atoms with E-state index in [9.17, 15) is 5.11 Å². The number of hydrogen-bond acceptors (Lipinski definition) is 3. The standard InChI is InChI=1S/C13H27NOS/c1-10(2)8-16-9-11(3)14-7-12-5-4-6-13(12)15/h10-15H,4-9H2,1-3H3. The number of aliphatic hydroxyl groups excluding tert-OH is 1. The highest BCUT2D eigenvalue weighted by atomic mass is 32.2. The average molecular weight is 245 g/mol. The molecule has 0 aromatic carbocycles. The van der Waals surface area contributed by atoms with Crippen molar-refractivity contribution < 1.29 is 5.11 Å². The fourth-order valence-electron chi connectivity index (χ4n) is 2.15. The van der Waals surface area contributed by atoms with Crippen LogP contribution < -0.4 is 5.32 Å². The molecule has 1 fully saturated rings. The highest BCUT2D eigenvalue weighted by Crippen LogP contribution is 2.24. The third-order valence-corrected chi connectivity index (χ3v) is 4.80. The molecule has 0 amide bonds. The van der Waals surface area contributed by atoms with Crippen molar-refractivity contribution in [1.29, 1.82) is 0 Å². The Labute approximate surface area is 105 Å². The molecule has 2 nitrogen and oxygen atoms in total. The normalized spacial score (nSPS) is 27.6. The zero-order chi connectivity index (χ0) is 12.0. The Bertz CT molecular complexity index is 187. The Morgan fingerprint density at radius 1 is 1.25 bits per heavy atom. The minimum Gasteiger partial charge on any atom is -0.393 e. The zero-order valence-corrected chi connectivity index (χ0v) is 11.7. The second kappa shape index (κ2) is 7.57. The van der Waals surface area contributed by atoms with Crippen molar-refractivity contribution in [3.63, 3.8) is 0 Å². The number of hydrogen-bond donors (Lipinski definition) is 2. The summed E-state index contributed by atoms with van der Waals surface area (Å²) in [4.78, 5) is 0. The van der Waals surface area contributed by atoms with E-state index in [2.05, 4.69) is 26.1 Å². The Morgan fingerprint density at radius 3 is 2.56 bits per heavy atom. The van der Waals surface area contributed by atoms with Gasteiger partial charge >= 0.3 is 0 Å². The fraction of sp³-hybridized carbons (Fsp3) is 1.00. The Hall–Kier alpha value is 0.270. The summed E-state index contributed by atoms with van der Waals surface area (Å²) in [5.41, 5.74) is 0. The van der Waals surface area contributed by atoms with Gasteiger partial charge in [0.05, 0.1) is 6.10 Å². The summed E-state index contributed by atoms with van der Waals surface area (Å²) in [5.74, 6) is 3.71. The minimum atomic E-state index is -0.0528. The number of rotatable bonds is 7. The topological polar surface area (TPSA) is 32.3 Å². The average Bonchev–Trinajstić information content (AvgIpc) is 2.60. The van der Waals surface area contributed by atoms with Gasteiger partial charge in [0.15, 0.2) is 0 Å². The molecule has 16 heavy (non-hydrogen) atoms. The van der Waals surface area contributed by atoms with Crippen molar-refractivity contribution in [2.24, 2.45) is 11.8 Å². The summed E-state index contributed by atoms with van der Waals surface area (Å²) >= 11 is 2.03. The lowest BCUT2D eigenvalue weighted by Gasteiger charge is -2.19. The summed E-state index contributed by atoms with van der Waals surface area (Å²) in [5, 5.41) is 13.3. The van der Waals surface area contributed by atoms with E-state index in [4.69, 9.17) is 0 Å². The van der Waals surface area contributed by atoms with Crippen LogP contribution in [0.3, 0.4) is 0 Å². The first kappa shape index (κ1) is 14.3. The van der Waals surface area contributed by atoms with E-state index in [-0.39, 0.29) is 6.10 Å². The summed E-state index contributed by atoms with van der Waals surface area (Å²) in [6.07, 6.45) is 3.34. The van der Waals surface area contributed by atoms with Crippen molar-refractivity contribution in [2.45, 2.75) is 52.2 Å². The van der Waals surface area contributed by atoms with Crippen LogP contribution in [0.25, 0.3) is 0 Å². The second-order valence-corrected chi connectivity index (χ2v) is 6.57. The van der Waals surface area contributed by atoms with Gasteiger partial charge in [0.2, 0.25) is 0 Å². The van der Waals surface area contributed by atoms with Gasteiger partial charge in [0, 0.05) is 18.3 Å². The van der Waals surface area contributed by atoms with E-state index < -0.39 is 0 Å². The highest BCUT2D eigenvalue weighted by molar-refractivity contribution is 7.99. The maximum atomic E-state index is 9.71. The number of thioether (sulfide) groups is 1. The molecular formula is C13H27NOS. The SMILES string of the molecule is CC(C)CSCC(C)NCC1CCCC1O. The first-order valence-corrected chi connectivity index (χ1v) is 7.74. The Kier molecular flexibility index (Phi) is 6.78. The zero-order valence-electron chi connectivity index (χ0n) is 10.9. The lowest BCUT2D eigenvalue weighted by molar-refractivity contribution is 0.130. The first-order valence-electron chi connectivity index (χ1n) is 6.58. The Balaban J connectivity index is 2.03. The lowest BCUT2D eigenvalue weighted by atomic mass is 10.1. The quantitative estimate of drug-likeness (QED) is 0.723. The van der Waals surface area contributed by atoms with Crippen LogP contribution in [0.1, 0.15) is 40.0 Å². The largest absolute Gasteiger partial charge is 0.393 e. The highest BCUT2D eigenvalue weighted by Gasteiger charge is 2.24. The maximum Gasteiger partial charge on any atom is 0.0580 e. The van der Waals surface area contributed by atoms with Gasteiger partial charge in [-0.05, 0) is 37.4 Å². The smallest absolute Gasteiger partial charge is 0.0580 e. The van der Waals surface area contributed by atoms with Crippen molar-refractivity contribution in [3.8, 4) is 0 Å². The lowest BCUT2D eigenvalue weighted by Crippen LogP contribution is -2.35. The molecule has 0 radical (unpaired) electrons. The van der Waals surface area contributed by atoms with Gasteiger partial charge in [-0.2, -0.15) is 11.8 Å². The molecule has 3 unspecified atom stereocenters. The molecule has 1 rings (SSSR count). The molecule has 0 aromatic rings. The molecule has 0 aromatic heterocycles. The summed E-state index contributed by atoms with van der Waals surface area (Å²) < 4.78 is 0. The fourth-order valence-corrected chi connectivity index (χ4v) is 3.23. The van der Waals surface area contributed by atoms with Gasteiger partial charge in [0.25, 0.3) is 0 Å². The molecule has 0 spiro atoms. The molecule has 0 saturated heterocycles. The molecule has 2 N–H and O–H groups in total. The predicted octanol–water partition coefficient (Wildman–Crippen LogP) is 2.51. The molecule has 1 saturated carbocycles. The molecule has 1 aliphatic rings. The van der Waals surface area contributed by atoms with Crippen LogP contribution >= 0.6 is 11.8 Å². The molecule has 1 aliphatic carbocycles.